The van der Waals surface area contributed by atoms with Gasteiger partial charge in [-0.15, -0.1) is 0 Å². The van der Waals surface area contributed by atoms with Crippen LogP contribution in [-0.2, 0) is 11.3 Å². The molecule has 0 saturated heterocycles. The molecule has 3 heteroatoms. The number of ether oxygens (including phenoxy) is 1. The molecule has 0 unspecified atom stereocenters. The molecule has 0 saturated carbocycles. The van der Waals surface area contributed by atoms with E-state index in [0.29, 0.717) is 5.39 Å². The zero-order chi connectivity index (χ0) is 16.4. The third-order valence-electron chi connectivity index (χ3n) is 3.98. The Hall–Kier alpha value is -2.81. The number of benzene rings is 3. The fourth-order valence-electron chi connectivity index (χ4n) is 2.60. The second kappa shape index (κ2) is 6.13. The van der Waals surface area contributed by atoms with E-state index in [1.54, 1.807) is 12.1 Å². The van der Waals surface area contributed by atoms with Crippen molar-refractivity contribution in [3.8, 4) is 5.75 Å². The van der Waals surface area contributed by atoms with Crippen LogP contribution >= 0.6 is 0 Å². The predicted molar refractivity (Wildman–Crippen MR) is 90.6 cm³/mol. The van der Waals surface area contributed by atoms with Crippen LogP contribution in [0.3, 0.4) is 0 Å². The summed E-state index contributed by atoms with van der Waals surface area (Å²) in [5, 5.41) is 11.8. The molecule has 1 N–H and O–H groups in total. The average molecular weight is 306 g/mol. The zero-order valence-electron chi connectivity index (χ0n) is 13.2. The van der Waals surface area contributed by atoms with Crippen molar-refractivity contribution in [3.63, 3.8) is 0 Å². The molecule has 3 nitrogen and oxygen atoms in total. The maximum absolute atomic E-state index is 12.3. The van der Waals surface area contributed by atoms with Gasteiger partial charge < -0.3 is 9.84 Å². The first-order valence-electron chi connectivity index (χ1n) is 7.50. The van der Waals surface area contributed by atoms with E-state index in [2.05, 4.69) is 0 Å². The lowest BCUT2D eigenvalue weighted by Gasteiger charge is -2.10. The van der Waals surface area contributed by atoms with E-state index in [0.717, 1.165) is 22.1 Å². The minimum atomic E-state index is -0.519. The van der Waals surface area contributed by atoms with E-state index in [-0.39, 0.29) is 17.9 Å². The monoisotopic (exact) mass is 306 g/mol. The Balaban J connectivity index is 1.83. The Morgan fingerprint density at radius 2 is 1.83 bits per heavy atom. The van der Waals surface area contributed by atoms with Crippen LogP contribution in [0.15, 0.2) is 54.6 Å². The van der Waals surface area contributed by atoms with E-state index in [1.807, 2.05) is 56.3 Å². The fourth-order valence-corrected chi connectivity index (χ4v) is 2.60. The molecule has 0 aliphatic rings. The Morgan fingerprint density at radius 1 is 1.04 bits per heavy atom. The SMILES string of the molecule is Cc1ccc(C)c(COC(=O)c2ccc3ccccc3c2O)c1. The summed E-state index contributed by atoms with van der Waals surface area (Å²) in [7, 11) is 0. The van der Waals surface area contributed by atoms with Gasteiger partial charge in [-0.05, 0) is 36.4 Å². The number of esters is 1. The first-order valence-corrected chi connectivity index (χ1v) is 7.50. The Kier molecular flexibility index (Phi) is 4.02. The number of aromatic hydroxyl groups is 1. The van der Waals surface area contributed by atoms with E-state index in [1.165, 1.54) is 0 Å². The molecule has 0 radical (unpaired) electrons. The molecular weight excluding hydrogens is 288 g/mol. The number of phenols is 1. The lowest BCUT2D eigenvalue weighted by atomic mass is 10.1. The smallest absolute Gasteiger partial charge is 0.342 e. The van der Waals surface area contributed by atoms with E-state index in [4.69, 9.17) is 4.74 Å². The Labute approximate surface area is 135 Å². The Bertz CT molecular complexity index is 881. The van der Waals surface area contributed by atoms with Gasteiger partial charge in [-0.3, -0.25) is 0 Å². The van der Waals surface area contributed by atoms with Gasteiger partial charge in [0.2, 0.25) is 0 Å². The highest BCUT2D eigenvalue weighted by atomic mass is 16.5. The van der Waals surface area contributed by atoms with Gasteiger partial charge in [0.15, 0.2) is 0 Å². The van der Waals surface area contributed by atoms with Gasteiger partial charge in [-0.1, -0.05) is 54.1 Å². The second-order valence-corrected chi connectivity index (χ2v) is 5.69. The molecule has 0 aromatic heterocycles. The van der Waals surface area contributed by atoms with Crippen LogP contribution in [0, 0.1) is 13.8 Å². The van der Waals surface area contributed by atoms with Crippen LogP contribution in [0.25, 0.3) is 10.8 Å². The molecule has 3 aromatic carbocycles. The lowest BCUT2D eigenvalue weighted by Crippen LogP contribution is -2.06. The third-order valence-corrected chi connectivity index (χ3v) is 3.98. The lowest BCUT2D eigenvalue weighted by molar-refractivity contribution is 0.0469. The number of carbonyl (C=O) groups is 1. The van der Waals surface area contributed by atoms with Gasteiger partial charge >= 0.3 is 5.97 Å². The second-order valence-electron chi connectivity index (χ2n) is 5.69. The number of hydrogen-bond donors (Lipinski definition) is 1. The highest BCUT2D eigenvalue weighted by molar-refractivity contribution is 6.01. The number of aryl methyl sites for hydroxylation is 2. The number of carbonyl (C=O) groups excluding carboxylic acids is 1. The van der Waals surface area contributed by atoms with Gasteiger partial charge in [0.1, 0.15) is 17.9 Å². The molecule has 0 atom stereocenters. The van der Waals surface area contributed by atoms with Crippen LogP contribution in [0.2, 0.25) is 0 Å². The summed E-state index contributed by atoms with van der Waals surface area (Å²) < 4.78 is 5.38. The van der Waals surface area contributed by atoms with Gasteiger partial charge in [0, 0.05) is 5.39 Å². The number of phenolic OH excluding ortho intramolecular Hbond substituents is 1. The highest BCUT2D eigenvalue weighted by Crippen LogP contribution is 2.29. The predicted octanol–water partition coefficient (Wildman–Crippen LogP) is 4.52. The summed E-state index contributed by atoms with van der Waals surface area (Å²) in [6.07, 6.45) is 0. The summed E-state index contributed by atoms with van der Waals surface area (Å²) in [6.45, 7) is 4.18. The summed E-state index contributed by atoms with van der Waals surface area (Å²) in [4.78, 5) is 12.3. The summed E-state index contributed by atoms with van der Waals surface area (Å²) in [6, 6.07) is 16.8. The normalized spacial score (nSPS) is 10.7. The van der Waals surface area contributed by atoms with Gasteiger partial charge in [0.25, 0.3) is 0 Å². The molecular formula is C20H18O3. The number of hydrogen-bond acceptors (Lipinski definition) is 3. The minimum absolute atomic E-state index is 0.0333. The molecule has 0 aliphatic heterocycles. The van der Waals surface area contributed by atoms with Crippen molar-refractivity contribution in [3.05, 3.63) is 76.9 Å². The molecule has 0 amide bonds. The average Bonchev–Trinajstić information content (AvgIpc) is 2.56. The van der Waals surface area contributed by atoms with Crippen molar-refractivity contribution in [1.82, 2.24) is 0 Å². The molecule has 116 valence electrons. The van der Waals surface area contributed by atoms with Gasteiger partial charge in [-0.2, -0.15) is 0 Å². The molecule has 0 spiro atoms. The van der Waals surface area contributed by atoms with Crippen LogP contribution in [0.5, 0.6) is 5.75 Å². The first kappa shape index (κ1) is 15.1. The third kappa shape index (κ3) is 3.04. The van der Waals surface area contributed by atoms with Crippen molar-refractivity contribution in [2.24, 2.45) is 0 Å². The quantitative estimate of drug-likeness (QED) is 0.724. The van der Waals surface area contributed by atoms with Crippen molar-refractivity contribution >= 4 is 16.7 Å². The van der Waals surface area contributed by atoms with Gasteiger partial charge in [-0.25, -0.2) is 4.79 Å². The first-order chi connectivity index (χ1) is 11.1. The van der Waals surface area contributed by atoms with Crippen molar-refractivity contribution in [2.75, 3.05) is 0 Å². The molecule has 0 aliphatic carbocycles. The zero-order valence-corrected chi connectivity index (χ0v) is 13.2. The van der Waals surface area contributed by atoms with Crippen LogP contribution < -0.4 is 0 Å². The standard InChI is InChI=1S/C20H18O3/c1-13-7-8-14(2)16(11-13)12-23-20(22)18-10-9-15-5-3-4-6-17(15)19(18)21/h3-11,21H,12H2,1-2H3. The van der Waals surface area contributed by atoms with Crippen molar-refractivity contribution in [1.29, 1.82) is 0 Å². The van der Waals surface area contributed by atoms with Crippen LogP contribution in [0.1, 0.15) is 27.0 Å². The van der Waals surface area contributed by atoms with Gasteiger partial charge in [0.05, 0.1) is 0 Å². The van der Waals surface area contributed by atoms with Crippen LogP contribution in [-0.4, -0.2) is 11.1 Å². The largest absolute Gasteiger partial charge is 0.506 e. The topological polar surface area (TPSA) is 46.5 Å². The van der Waals surface area contributed by atoms with E-state index >= 15 is 0 Å². The molecule has 3 aromatic rings. The minimum Gasteiger partial charge on any atom is -0.506 e. The number of fused-ring (bicyclic) bond motifs is 1. The molecule has 0 bridgehead atoms. The molecule has 3 rings (SSSR count). The summed E-state index contributed by atoms with van der Waals surface area (Å²) in [5.41, 5.74) is 3.36. The maximum atomic E-state index is 12.3. The van der Waals surface area contributed by atoms with E-state index in [9.17, 15) is 9.90 Å². The summed E-state index contributed by atoms with van der Waals surface area (Å²) >= 11 is 0. The molecule has 0 fully saturated rings. The van der Waals surface area contributed by atoms with Crippen molar-refractivity contribution in [2.45, 2.75) is 20.5 Å². The van der Waals surface area contributed by atoms with Crippen LogP contribution in [0.4, 0.5) is 0 Å². The maximum Gasteiger partial charge on any atom is 0.342 e. The van der Waals surface area contributed by atoms with E-state index < -0.39 is 5.97 Å². The molecule has 0 heterocycles. The summed E-state index contributed by atoms with van der Waals surface area (Å²) in [5.74, 6) is -0.553. The Morgan fingerprint density at radius 3 is 2.65 bits per heavy atom. The number of rotatable bonds is 3. The molecule has 23 heavy (non-hydrogen) atoms. The fraction of sp³-hybridized carbons (Fsp3) is 0.150. The van der Waals surface area contributed by atoms with Crippen molar-refractivity contribution < 1.29 is 14.6 Å². The highest BCUT2D eigenvalue weighted by Gasteiger charge is 2.15.